The van der Waals surface area contributed by atoms with E-state index in [2.05, 4.69) is 15.1 Å². The van der Waals surface area contributed by atoms with Gasteiger partial charge >= 0.3 is 5.97 Å². The Morgan fingerprint density at radius 2 is 1.93 bits per heavy atom. The van der Waals surface area contributed by atoms with E-state index in [9.17, 15) is 4.79 Å². The molecular formula is C20H14ClN3O4S. The van der Waals surface area contributed by atoms with Crippen LogP contribution in [0.3, 0.4) is 0 Å². The molecule has 0 saturated heterocycles. The lowest BCUT2D eigenvalue weighted by atomic mass is 10.2. The molecule has 0 amide bonds. The number of carbonyl (C=O) groups excluding carboxylic acids is 1. The molecule has 2 aromatic heterocycles. The van der Waals surface area contributed by atoms with Crippen molar-refractivity contribution in [1.29, 1.82) is 0 Å². The minimum Gasteiger partial charge on any atom is -0.484 e. The number of rotatable bonds is 6. The number of nitrogens with zero attached hydrogens (tertiary/aromatic N) is 3. The number of hydrogen-bond donors (Lipinski definition) is 0. The molecule has 0 bridgehead atoms. The number of halogens is 1. The van der Waals surface area contributed by atoms with E-state index < -0.39 is 5.97 Å². The van der Waals surface area contributed by atoms with E-state index in [0.717, 1.165) is 5.56 Å². The summed E-state index contributed by atoms with van der Waals surface area (Å²) in [5.41, 5.74) is 1.08. The highest BCUT2D eigenvalue weighted by molar-refractivity contribution is 7.13. The largest absolute Gasteiger partial charge is 0.484 e. The van der Waals surface area contributed by atoms with E-state index in [1.165, 1.54) is 11.3 Å². The van der Waals surface area contributed by atoms with E-state index in [0.29, 0.717) is 33.2 Å². The summed E-state index contributed by atoms with van der Waals surface area (Å²) in [6.45, 7) is 1.89. The summed E-state index contributed by atoms with van der Waals surface area (Å²) in [6, 6.07) is 13.9. The molecule has 2 aromatic carbocycles. The van der Waals surface area contributed by atoms with Gasteiger partial charge in [-0.2, -0.15) is 4.98 Å². The van der Waals surface area contributed by atoms with Crippen LogP contribution in [0.4, 0.5) is 0 Å². The van der Waals surface area contributed by atoms with Crippen molar-refractivity contribution >= 4 is 28.9 Å². The Kier molecular flexibility index (Phi) is 5.55. The Morgan fingerprint density at radius 3 is 2.66 bits per heavy atom. The third kappa shape index (κ3) is 4.79. The van der Waals surface area contributed by atoms with E-state index in [-0.39, 0.29) is 12.3 Å². The number of carbonyl (C=O) groups is 1. The summed E-state index contributed by atoms with van der Waals surface area (Å²) in [5, 5.41) is 6.65. The summed E-state index contributed by atoms with van der Waals surface area (Å²) in [5.74, 6) is 1.36. The molecular weight excluding hydrogens is 414 g/mol. The van der Waals surface area contributed by atoms with Crippen molar-refractivity contribution in [3.8, 4) is 22.1 Å². The Hall–Kier alpha value is -3.23. The zero-order chi connectivity index (χ0) is 20.2. The van der Waals surface area contributed by atoms with Crippen LogP contribution in [0.2, 0.25) is 5.02 Å². The van der Waals surface area contributed by atoms with E-state index >= 15 is 0 Å². The highest BCUT2D eigenvalue weighted by Gasteiger charge is 2.14. The first kappa shape index (κ1) is 19.1. The van der Waals surface area contributed by atoms with Crippen molar-refractivity contribution in [2.75, 3.05) is 0 Å². The van der Waals surface area contributed by atoms with Crippen molar-refractivity contribution in [2.45, 2.75) is 13.5 Å². The summed E-state index contributed by atoms with van der Waals surface area (Å²) in [7, 11) is 0. The summed E-state index contributed by atoms with van der Waals surface area (Å²) >= 11 is 7.35. The van der Waals surface area contributed by atoms with Crippen molar-refractivity contribution in [3.63, 3.8) is 0 Å². The van der Waals surface area contributed by atoms with Crippen LogP contribution in [0.25, 0.3) is 10.6 Å². The molecule has 0 N–H and O–H groups in total. The molecule has 4 aromatic rings. The maximum Gasteiger partial charge on any atom is 0.363 e. The molecule has 146 valence electrons. The van der Waals surface area contributed by atoms with Crippen molar-refractivity contribution in [2.24, 2.45) is 0 Å². The van der Waals surface area contributed by atoms with Gasteiger partial charge in [0.05, 0.1) is 0 Å². The Labute approximate surface area is 174 Å². The molecule has 7 nitrogen and oxygen atoms in total. The second-order valence-electron chi connectivity index (χ2n) is 5.93. The predicted molar refractivity (Wildman–Crippen MR) is 107 cm³/mol. The Morgan fingerprint density at radius 1 is 1.14 bits per heavy atom. The van der Waals surface area contributed by atoms with Gasteiger partial charge in [0.15, 0.2) is 18.1 Å². The number of aromatic nitrogens is 3. The highest BCUT2D eigenvalue weighted by Crippen LogP contribution is 2.27. The molecule has 0 spiro atoms. The number of benzene rings is 2. The number of thiazole rings is 1. The average Bonchev–Trinajstić information content (AvgIpc) is 3.37. The standard InChI is InChI=1S/C20H14ClN3O4S/c1-12-22-18(28-24-12)10-26-15-5-7-16(8-6-15)27-20(25)17-11-29-19(23-17)13-3-2-4-14(21)9-13/h2-9,11H,10H2,1H3. The van der Waals surface area contributed by atoms with Gasteiger partial charge in [0, 0.05) is 16.0 Å². The molecule has 0 saturated carbocycles. The van der Waals surface area contributed by atoms with Gasteiger partial charge in [-0.3, -0.25) is 0 Å². The normalized spacial score (nSPS) is 10.7. The first-order valence-electron chi connectivity index (χ1n) is 8.52. The smallest absolute Gasteiger partial charge is 0.363 e. The van der Waals surface area contributed by atoms with Crippen LogP contribution in [0.5, 0.6) is 11.5 Å². The maximum absolute atomic E-state index is 12.4. The van der Waals surface area contributed by atoms with Crippen LogP contribution < -0.4 is 9.47 Å². The van der Waals surface area contributed by atoms with Crippen LogP contribution >= 0.6 is 22.9 Å². The van der Waals surface area contributed by atoms with Gasteiger partial charge in [-0.05, 0) is 43.3 Å². The van der Waals surface area contributed by atoms with Gasteiger partial charge in [-0.1, -0.05) is 28.9 Å². The third-order valence-electron chi connectivity index (χ3n) is 3.75. The first-order valence-corrected chi connectivity index (χ1v) is 9.78. The lowest BCUT2D eigenvalue weighted by Crippen LogP contribution is -2.08. The fourth-order valence-electron chi connectivity index (χ4n) is 2.43. The minimum absolute atomic E-state index is 0.158. The van der Waals surface area contributed by atoms with Gasteiger partial charge in [0.25, 0.3) is 5.89 Å². The number of ether oxygens (including phenoxy) is 2. The predicted octanol–water partition coefficient (Wildman–Crippen LogP) is 4.95. The highest BCUT2D eigenvalue weighted by atomic mass is 35.5. The summed E-state index contributed by atoms with van der Waals surface area (Å²) in [6.07, 6.45) is 0. The van der Waals surface area contributed by atoms with Crippen LogP contribution in [-0.4, -0.2) is 21.1 Å². The fourth-order valence-corrected chi connectivity index (χ4v) is 3.41. The lowest BCUT2D eigenvalue weighted by Gasteiger charge is -2.05. The second kappa shape index (κ2) is 8.42. The molecule has 0 aliphatic carbocycles. The molecule has 9 heteroatoms. The van der Waals surface area contributed by atoms with E-state index in [1.54, 1.807) is 48.7 Å². The molecule has 0 aliphatic heterocycles. The molecule has 29 heavy (non-hydrogen) atoms. The second-order valence-corrected chi connectivity index (χ2v) is 7.23. The maximum atomic E-state index is 12.4. The van der Waals surface area contributed by atoms with Gasteiger partial charge in [0.2, 0.25) is 0 Å². The molecule has 0 atom stereocenters. The zero-order valence-corrected chi connectivity index (χ0v) is 16.7. The van der Waals surface area contributed by atoms with Crippen LogP contribution in [0.1, 0.15) is 22.2 Å². The molecule has 0 aliphatic rings. The monoisotopic (exact) mass is 427 g/mol. The quantitative estimate of drug-likeness (QED) is 0.317. The van der Waals surface area contributed by atoms with Gasteiger partial charge < -0.3 is 14.0 Å². The van der Waals surface area contributed by atoms with Crippen molar-refractivity contribution in [1.82, 2.24) is 15.1 Å². The SMILES string of the molecule is Cc1noc(COc2ccc(OC(=O)c3csc(-c4cccc(Cl)c4)n3)cc2)n1. The average molecular weight is 428 g/mol. The van der Waals surface area contributed by atoms with Crippen molar-refractivity contribution in [3.05, 3.63) is 76.3 Å². The molecule has 0 unspecified atom stereocenters. The number of hydrogen-bond acceptors (Lipinski definition) is 8. The van der Waals surface area contributed by atoms with E-state index in [4.69, 9.17) is 25.6 Å². The first-order chi connectivity index (χ1) is 14.1. The van der Waals surface area contributed by atoms with Crippen LogP contribution in [-0.2, 0) is 6.61 Å². The summed E-state index contributed by atoms with van der Waals surface area (Å²) < 4.78 is 15.9. The van der Waals surface area contributed by atoms with Gasteiger partial charge in [-0.15, -0.1) is 11.3 Å². The van der Waals surface area contributed by atoms with Gasteiger partial charge in [0.1, 0.15) is 16.5 Å². The Bertz CT molecular complexity index is 1140. The van der Waals surface area contributed by atoms with Crippen molar-refractivity contribution < 1.29 is 18.8 Å². The lowest BCUT2D eigenvalue weighted by molar-refractivity contribution is 0.0729. The molecule has 0 fully saturated rings. The topological polar surface area (TPSA) is 87.3 Å². The minimum atomic E-state index is -0.537. The molecule has 2 heterocycles. The number of esters is 1. The van der Waals surface area contributed by atoms with Crippen LogP contribution in [0.15, 0.2) is 58.4 Å². The summed E-state index contributed by atoms with van der Waals surface area (Å²) in [4.78, 5) is 20.8. The van der Waals surface area contributed by atoms with E-state index in [1.807, 2.05) is 12.1 Å². The Balaban J connectivity index is 1.37. The van der Waals surface area contributed by atoms with Gasteiger partial charge in [-0.25, -0.2) is 9.78 Å². The van der Waals surface area contributed by atoms with Crippen LogP contribution in [0, 0.1) is 6.92 Å². The third-order valence-corrected chi connectivity index (χ3v) is 4.88. The molecule has 4 rings (SSSR count). The zero-order valence-electron chi connectivity index (χ0n) is 15.2. The molecule has 0 radical (unpaired) electrons. The number of aryl methyl sites for hydroxylation is 1. The fraction of sp³-hybridized carbons (Fsp3) is 0.100.